The number of rotatable bonds is 10. The molecule has 0 fully saturated rings. The van der Waals surface area contributed by atoms with Gasteiger partial charge in [-0.05, 0) is 60.5 Å². The summed E-state index contributed by atoms with van der Waals surface area (Å²) in [6, 6.07) is 29.1. The van der Waals surface area contributed by atoms with Gasteiger partial charge in [-0.2, -0.15) is 0 Å². The standard InChI is InChI=1S/C37H33N3O6S/c1-23-33(35(41)39-26-13-9-6-10-14-26)34(28-17-16-27(43-2)21-30(28)44-3)40-36(42)32(47-37(40)38-23)20-25-15-18-29(31(19-25)45-4)46-22-24-11-7-5-8-12-24/h5-21,34H,22H2,1-4H3,(H,39,41)/b32-20-/t34-/m1/s1. The molecule has 6 rings (SSSR count). The number of allylic oxidation sites excluding steroid dienone is 1. The molecule has 4 aromatic carbocycles. The van der Waals surface area contributed by atoms with Crippen LogP contribution < -0.4 is 39.2 Å². The molecule has 0 radical (unpaired) electrons. The number of benzene rings is 4. The predicted molar refractivity (Wildman–Crippen MR) is 182 cm³/mol. The van der Waals surface area contributed by atoms with Crippen LogP contribution in [0, 0.1) is 0 Å². The topological polar surface area (TPSA) is 100 Å². The van der Waals surface area contributed by atoms with Gasteiger partial charge in [-0.3, -0.25) is 14.2 Å². The van der Waals surface area contributed by atoms with Crippen LogP contribution in [0.1, 0.15) is 29.7 Å². The van der Waals surface area contributed by atoms with Crippen LogP contribution in [-0.2, 0) is 11.4 Å². The lowest BCUT2D eigenvalue weighted by Gasteiger charge is -2.26. The van der Waals surface area contributed by atoms with E-state index in [9.17, 15) is 9.59 Å². The quantitative estimate of drug-likeness (QED) is 0.216. The van der Waals surface area contributed by atoms with Crippen molar-refractivity contribution in [3.05, 3.63) is 145 Å². The Hall–Kier alpha value is -5.61. The fraction of sp³-hybridized carbons (Fsp3) is 0.162. The molecule has 238 valence electrons. The zero-order chi connectivity index (χ0) is 32.9. The lowest BCUT2D eigenvalue weighted by molar-refractivity contribution is -0.113. The van der Waals surface area contributed by atoms with E-state index in [0.717, 1.165) is 11.1 Å². The number of hydrogen-bond donors (Lipinski definition) is 1. The number of hydrogen-bond acceptors (Lipinski definition) is 8. The van der Waals surface area contributed by atoms with Crippen LogP contribution in [0.5, 0.6) is 23.0 Å². The summed E-state index contributed by atoms with van der Waals surface area (Å²) >= 11 is 1.25. The second-order valence-corrected chi connectivity index (χ2v) is 11.7. The number of carbonyl (C=O) groups excluding carboxylic acids is 1. The first-order valence-electron chi connectivity index (χ1n) is 14.9. The summed E-state index contributed by atoms with van der Waals surface area (Å²) in [5.74, 6) is 1.81. The first-order chi connectivity index (χ1) is 22.9. The molecule has 0 saturated heterocycles. The summed E-state index contributed by atoms with van der Waals surface area (Å²) in [6.07, 6.45) is 1.79. The van der Waals surface area contributed by atoms with E-state index in [1.54, 1.807) is 63.2 Å². The minimum Gasteiger partial charge on any atom is -0.497 e. The van der Waals surface area contributed by atoms with Crippen LogP contribution in [0.2, 0.25) is 0 Å². The first-order valence-corrected chi connectivity index (χ1v) is 15.7. The van der Waals surface area contributed by atoms with E-state index in [1.807, 2.05) is 72.8 Å². The normalized spacial score (nSPS) is 14.2. The third-order valence-corrected chi connectivity index (χ3v) is 8.74. The minimum absolute atomic E-state index is 0.294. The Labute approximate surface area is 275 Å². The van der Waals surface area contributed by atoms with Gasteiger partial charge < -0.3 is 24.3 Å². The smallest absolute Gasteiger partial charge is 0.271 e. The Kier molecular flexibility index (Phi) is 9.21. The average Bonchev–Trinajstić information content (AvgIpc) is 3.40. The van der Waals surface area contributed by atoms with Crippen LogP contribution in [0.3, 0.4) is 0 Å². The highest BCUT2D eigenvalue weighted by Gasteiger charge is 2.34. The molecule has 0 spiro atoms. The van der Waals surface area contributed by atoms with Crippen LogP contribution in [0.4, 0.5) is 5.69 Å². The lowest BCUT2D eigenvalue weighted by atomic mass is 9.94. The molecule has 1 aliphatic heterocycles. The van der Waals surface area contributed by atoms with Crippen molar-refractivity contribution in [3.63, 3.8) is 0 Å². The highest BCUT2D eigenvalue weighted by Crippen LogP contribution is 2.37. The maximum absolute atomic E-state index is 14.2. The zero-order valence-electron chi connectivity index (χ0n) is 26.4. The van der Waals surface area contributed by atoms with Gasteiger partial charge in [-0.15, -0.1) is 0 Å². The highest BCUT2D eigenvalue weighted by molar-refractivity contribution is 7.07. The molecule has 5 aromatic rings. The molecule has 0 unspecified atom stereocenters. The van der Waals surface area contributed by atoms with Gasteiger partial charge in [-0.1, -0.05) is 65.9 Å². The summed E-state index contributed by atoms with van der Waals surface area (Å²) < 4.78 is 24.8. The molecule has 1 amide bonds. The van der Waals surface area contributed by atoms with Crippen molar-refractivity contribution in [3.8, 4) is 23.0 Å². The molecule has 0 bridgehead atoms. The maximum Gasteiger partial charge on any atom is 0.271 e. The fourth-order valence-electron chi connectivity index (χ4n) is 5.45. The van der Waals surface area contributed by atoms with Crippen LogP contribution in [0.15, 0.2) is 118 Å². The third-order valence-electron chi connectivity index (χ3n) is 7.76. The molecule has 1 N–H and O–H groups in total. The molecule has 2 heterocycles. The number of thiazole rings is 1. The average molecular weight is 648 g/mol. The van der Waals surface area contributed by atoms with E-state index in [1.165, 1.54) is 11.3 Å². The molecule has 0 saturated carbocycles. The number of anilines is 1. The van der Waals surface area contributed by atoms with Crippen molar-refractivity contribution in [2.75, 3.05) is 26.6 Å². The number of nitrogens with one attached hydrogen (secondary N) is 1. The predicted octanol–water partition coefficient (Wildman–Crippen LogP) is 5.48. The minimum atomic E-state index is -0.818. The van der Waals surface area contributed by atoms with E-state index < -0.39 is 6.04 Å². The molecular formula is C37H33N3O6S. The lowest BCUT2D eigenvalue weighted by Crippen LogP contribution is -2.40. The Morgan fingerprint density at radius 2 is 1.60 bits per heavy atom. The Morgan fingerprint density at radius 1 is 0.872 bits per heavy atom. The number of fused-ring (bicyclic) bond motifs is 1. The monoisotopic (exact) mass is 647 g/mol. The number of aromatic nitrogens is 1. The van der Waals surface area contributed by atoms with Crippen LogP contribution in [0.25, 0.3) is 6.08 Å². The number of carbonyl (C=O) groups is 1. The first kappa shape index (κ1) is 31.4. The molecular weight excluding hydrogens is 614 g/mol. The summed E-state index contributed by atoms with van der Waals surface area (Å²) in [4.78, 5) is 33.4. The number of para-hydroxylation sites is 1. The third kappa shape index (κ3) is 6.54. The van der Waals surface area contributed by atoms with Crippen molar-refractivity contribution in [1.29, 1.82) is 0 Å². The summed E-state index contributed by atoms with van der Waals surface area (Å²) in [5, 5.41) is 2.97. The van der Waals surface area contributed by atoms with Gasteiger partial charge >= 0.3 is 0 Å². The van der Waals surface area contributed by atoms with E-state index in [4.69, 9.17) is 23.9 Å². The largest absolute Gasteiger partial charge is 0.497 e. The van der Waals surface area contributed by atoms with Gasteiger partial charge in [0, 0.05) is 17.3 Å². The molecule has 9 nitrogen and oxygen atoms in total. The fourth-order valence-corrected chi connectivity index (χ4v) is 6.50. The van der Waals surface area contributed by atoms with Crippen molar-refractivity contribution >= 4 is 29.0 Å². The summed E-state index contributed by atoms with van der Waals surface area (Å²) in [5.41, 5.74) is 3.56. The molecule has 47 heavy (non-hydrogen) atoms. The second-order valence-electron chi connectivity index (χ2n) is 10.7. The molecule has 0 aliphatic carbocycles. The molecule has 1 atom stereocenters. The van der Waals surface area contributed by atoms with Gasteiger partial charge in [0.25, 0.3) is 11.5 Å². The number of methoxy groups -OCH3 is 3. The highest BCUT2D eigenvalue weighted by atomic mass is 32.1. The molecule has 1 aliphatic rings. The molecule has 10 heteroatoms. The summed E-state index contributed by atoms with van der Waals surface area (Å²) in [6.45, 7) is 2.17. The van der Waals surface area contributed by atoms with E-state index in [0.29, 0.717) is 61.5 Å². The van der Waals surface area contributed by atoms with Crippen molar-refractivity contribution in [2.24, 2.45) is 4.99 Å². The SMILES string of the molecule is COc1ccc([C@@H]2C(C(=O)Nc3ccccc3)=C(C)N=c3s/c(=C\c4ccc(OCc5ccccc5)c(OC)c4)c(=O)n32)c(OC)c1. The van der Waals surface area contributed by atoms with Crippen molar-refractivity contribution in [1.82, 2.24) is 4.57 Å². The Bertz CT molecular complexity index is 2140. The Balaban J connectivity index is 1.43. The van der Waals surface area contributed by atoms with Crippen LogP contribution in [-0.4, -0.2) is 31.8 Å². The van der Waals surface area contributed by atoms with E-state index in [-0.39, 0.29) is 11.5 Å². The molecule has 1 aromatic heterocycles. The number of amides is 1. The Morgan fingerprint density at radius 3 is 2.30 bits per heavy atom. The number of ether oxygens (including phenoxy) is 4. The van der Waals surface area contributed by atoms with Gasteiger partial charge in [-0.25, -0.2) is 4.99 Å². The van der Waals surface area contributed by atoms with Gasteiger partial charge in [0.05, 0.1) is 37.1 Å². The van der Waals surface area contributed by atoms with Gasteiger partial charge in [0.15, 0.2) is 16.3 Å². The van der Waals surface area contributed by atoms with Crippen molar-refractivity contribution < 1.29 is 23.7 Å². The van der Waals surface area contributed by atoms with Crippen LogP contribution >= 0.6 is 11.3 Å². The summed E-state index contributed by atoms with van der Waals surface area (Å²) in [7, 11) is 4.69. The second kappa shape index (κ2) is 13.8. The van der Waals surface area contributed by atoms with Gasteiger partial charge in [0.1, 0.15) is 24.1 Å². The van der Waals surface area contributed by atoms with Gasteiger partial charge in [0.2, 0.25) is 0 Å². The number of nitrogens with zero attached hydrogens (tertiary/aromatic N) is 2. The van der Waals surface area contributed by atoms with E-state index in [2.05, 4.69) is 5.32 Å². The maximum atomic E-state index is 14.2. The van der Waals surface area contributed by atoms with Crippen molar-refractivity contribution in [2.45, 2.75) is 19.6 Å². The van der Waals surface area contributed by atoms with E-state index >= 15 is 0 Å². The zero-order valence-corrected chi connectivity index (χ0v) is 27.2.